The van der Waals surface area contributed by atoms with Gasteiger partial charge in [0.2, 0.25) is 0 Å². The minimum Gasteiger partial charge on any atom is -0.383 e. The van der Waals surface area contributed by atoms with Crippen LogP contribution in [-0.2, 0) is 17.8 Å². The van der Waals surface area contributed by atoms with Crippen LogP contribution in [-0.4, -0.2) is 24.2 Å². The molecule has 2 heterocycles. The van der Waals surface area contributed by atoms with Crippen molar-refractivity contribution in [3.05, 3.63) is 86.5 Å². The summed E-state index contributed by atoms with van der Waals surface area (Å²) < 4.78 is 34.1. The van der Waals surface area contributed by atoms with Crippen molar-refractivity contribution in [3.63, 3.8) is 0 Å². The zero-order valence-corrected chi connectivity index (χ0v) is 15.9. The van der Waals surface area contributed by atoms with Crippen molar-refractivity contribution in [2.45, 2.75) is 13.1 Å². The molecule has 28 heavy (non-hydrogen) atoms. The van der Waals surface area contributed by atoms with E-state index in [1.165, 1.54) is 52.3 Å². The first kappa shape index (κ1) is 19.9. The van der Waals surface area contributed by atoms with Gasteiger partial charge in [-0.25, -0.2) is 8.78 Å². The van der Waals surface area contributed by atoms with Crippen molar-refractivity contribution in [1.29, 1.82) is 0 Å². The van der Waals surface area contributed by atoms with Gasteiger partial charge in [-0.05, 0) is 29.6 Å². The molecule has 146 valence electrons. The molecule has 0 unspecified atom stereocenters. The number of hydrogen-bond acceptors (Lipinski definition) is 4. The molecule has 0 radical (unpaired) electrons. The molecule has 0 N–H and O–H groups in total. The average Bonchev–Trinajstić information content (AvgIpc) is 3.19. The van der Waals surface area contributed by atoms with Crippen molar-refractivity contribution in [1.82, 2.24) is 4.57 Å². The first-order chi connectivity index (χ1) is 13.5. The van der Waals surface area contributed by atoms with Crippen molar-refractivity contribution in [2.24, 2.45) is 0 Å². The second-order valence-corrected chi connectivity index (χ2v) is 7.04. The highest BCUT2D eigenvalue weighted by Gasteiger charge is 2.22. The largest absolute Gasteiger partial charge is 0.383 e. The van der Waals surface area contributed by atoms with E-state index in [1.807, 2.05) is 17.5 Å². The quantitative estimate of drug-likeness (QED) is 0.604. The number of pyridine rings is 1. The maximum absolute atomic E-state index is 14.4. The number of rotatable bonds is 7. The number of carbonyl (C=O) groups is 1. The zero-order chi connectivity index (χ0) is 20.1. The van der Waals surface area contributed by atoms with E-state index in [-0.39, 0.29) is 29.9 Å². The SMILES string of the molecule is COCCn1cc(C(=O)N(Cc2cccs2)c2ccc(F)cc2F)ccc1=O. The van der Waals surface area contributed by atoms with E-state index in [1.54, 1.807) is 0 Å². The molecule has 0 saturated carbocycles. The van der Waals surface area contributed by atoms with Gasteiger partial charge in [0.05, 0.1) is 24.4 Å². The third-order valence-corrected chi connectivity index (χ3v) is 4.97. The summed E-state index contributed by atoms with van der Waals surface area (Å²) in [6.45, 7) is 0.714. The van der Waals surface area contributed by atoms with Gasteiger partial charge >= 0.3 is 0 Å². The van der Waals surface area contributed by atoms with Gasteiger partial charge in [-0.15, -0.1) is 11.3 Å². The summed E-state index contributed by atoms with van der Waals surface area (Å²) in [6.07, 6.45) is 1.42. The van der Waals surface area contributed by atoms with Crippen LogP contribution in [0.5, 0.6) is 0 Å². The molecule has 0 atom stereocenters. The standard InChI is InChI=1S/C20H18F2N2O3S/c1-27-9-8-23-12-14(4-7-19(23)25)20(26)24(13-16-3-2-10-28-16)18-6-5-15(21)11-17(18)22/h2-7,10-12H,8-9,13H2,1H3. The highest BCUT2D eigenvalue weighted by molar-refractivity contribution is 7.09. The maximum Gasteiger partial charge on any atom is 0.260 e. The molecule has 0 fully saturated rings. The van der Waals surface area contributed by atoms with Crippen molar-refractivity contribution < 1.29 is 18.3 Å². The first-order valence-corrected chi connectivity index (χ1v) is 9.36. The lowest BCUT2D eigenvalue weighted by Gasteiger charge is -2.23. The lowest BCUT2D eigenvalue weighted by Crippen LogP contribution is -2.32. The Hall–Kier alpha value is -2.84. The van der Waals surface area contributed by atoms with Gasteiger partial charge < -0.3 is 14.2 Å². The minimum atomic E-state index is -0.836. The molecule has 0 saturated heterocycles. The van der Waals surface area contributed by atoms with Crippen molar-refractivity contribution in [3.8, 4) is 0 Å². The van der Waals surface area contributed by atoms with Gasteiger partial charge in [-0.2, -0.15) is 0 Å². The Kier molecular flexibility index (Phi) is 6.33. The first-order valence-electron chi connectivity index (χ1n) is 8.48. The Morgan fingerprint density at radius 1 is 1.21 bits per heavy atom. The number of ether oxygens (including phenoxy) is 1. The number of halogens is 2. The number of benzene rings is 1. The van der Waals surface area contributed by atoms with Crippen LogP contribution in [0.1, 0.15) is 15.2 Å². The van der Waals surface area contributed by atoms with Crippen molar-refractivity contribution in [2.75, 3.05) is 18.6 Å². The average molecular weight is 404 g/mol. The Balaban J connectivity index is 2.00. The molecule has 5 nitrogen and oxygen atoms in total. The van der Waals surface area contributed by atoms with Crippen LogP contribution in [0.2, 0.25) is 0 Å². The third-order valence-electron chi connectivity index (χ3n) is 4.11. The molecule has 3 aromatic rings. The third kappa shape index (κ3) is 4.52. The van der Waals surface area contributed by atoms with Gasteiger partial charge in [0.25, 0.3) is 11.5 Å². The molecule has 2 aromatic heterocycles. The molecule has 0 bridgehead atoms. The summed E-state index contributed by atoms with van der Waals surface area (Å²) in [4.78, 5) is 27.2. The summed E-state index contributed by atoms with van der Waals surface area (Å²) in [5.74, 6) is -2.06. The smallest absolute Gasteiger partial charge is 0.260 e. The summed E-state index contributed by atoms with van der Waals surface area (Å²) in [7, 11) is 1.51. The molecular weight excluding hydrogens is 386 g/mol. The van der Waals surface area contributed by atoms with Crippen LogP contribution in [0.25, 0.3) is 0 Å². The van der Waals surface area contributed by atoms with Gasteiger partial charge in [0, 0.05) is 36.9 Å². The minimum absolute atomic E-state index is 0.0329. The molecule has 8 heteroatoms. The summed E-state index contributed by atoms with van der Waals surface area (Å²) in [5, 5.41) is 1.85. The molecule has 3 rings (SSSR count). The topological polar surface area (TPSA) is 51.5 Å². The van der Waals surface area contributed by atoms with Gasteiger partial charge in [-0.3, -0.25) is 9.59 Å². The van der Waals surface area contributed by atoms with Crippen LogP contribution >= 0.6 is 11.3 Å². The van der Waals surface area contributed by atoms with E-state index in [2.05, 4.69) is 0 Å². The van der Waals surface area contributed by atoms with E-state index in [4.69, 9.17) is 4.74 Å². The van der Waals surface area contributed by atoms with Crippen LogP contribution in [0.15, 0.2) is 58.8 Å². The van der Waals surface area contributed by atoms with Crippen LogP contribution in [0, 0.1) is 11.6 Å². The summed E-state index contributed by atoms with van der Waals surface area (Å²) in [5.41, 5.74) is -0.0863. The Bertz CT molecular complexity index is 1020. The second-order valence-electron chi connectivity index (χ2n) is 6.01. The number of carbonyl (C=O) groups excluding carboxylic acids is 1. The molecule has 1 amide bonds. The van der Waals surface area contributed by atoms with E-state index in [0.29, 0.717) is 6.61 Å². The van der Waals surface area contributed by atoms with Crippen LogP contribution in [0.4, 0.5) is 14.5 Å². The predicted molar refractivity (Wildman–Crippen MR) is 104 cm³/mol. The number of hydrogen-bond donors (Lipinski definition) is 0. The molecule has 0 aliphatic carbocycles. The summed E-state index contributed by atoms with van der Waals surface area (Å²) in [6, 6.07) is 9.41. The fourth-order valence-corrected chi connectivity index (χ4v) is 3.40. The fourth-order valence-electron chi connectivity index (χ4n) is 2.70. The number of thiophene rings is 1. The lowest BCUT2D eigenvalue weighted by molar-refractivity contribution is 0.0983. The van der Waals surface area contributed by atoms with E-state index in [0.717, 1.165) is 17.0 Å². The van der Waals surface area contributed by atoms with Crippen LogP contribution < -0.4 is 10.5 Å². The van der Waals surface area contributed by atoms with Crippen molar-refractivity contribution >= 4 is 22.9 Å². The lowest BCUT2D eigenvalue weighted by atomic mass is 10.2. The molecule has 0 aliphatic rings. The Labute approximate surface area is 164 Å². The number of nitrogens with zero attached hydrogens (tertiary/aromatic N) is 2. The number of amides is 1. The number of anilines is 1. The highest BCUT2D eigenvalue weighted by Crippen LogP contribution is 2.25. The number of methoxy groups -OCH3 is 1. The zero-order valence-electron chi connectivity index (χ0n) is 15.1. The monoisotopic (exact) mass is 404 g/mol. The maximum atomic E-state index is 14.4. The predicted octanol–water partition coefficient (Wildman–Crippen LogP) is 3.68. The van der Waals surface area contributed by atoms with Gasteiger partial charge in [0.15, 0.2) is 0 Å². The molecule has 0 spiro atoms. The second kappa shape index (κ2) is 8.90. The molecular formula is C20H18F2N2O3S. The molecule has 1 aromatic carbocycles. The normalized spacial score (nSPS) is 10.8. The van der Waals surface area contributed by atoms with E-state index < -0.39 is 17.5 Å². The van der Waals surface area contributed by atoms with E-state index in [9.17, 15) is 18.4 Å². The van der Waals surface area contributed by atoms with Gasteiger partial charge in [-0.1, -0.05) is 6.07 Å². The highest BCUT2D eigenvalue weighted by atomic mass is 32.1. The van der Waals surface area contributed by atoms with Crippen LogP contribution in [0.3, 0.4) is 0 Å². The Morgan fingerprint density at radius 3 is 2.71 bits per heavy atom. The summed E-state index contributed by atoms with van der Waals surface area (Å²) >= 11 is 1.42. The van der Waals surface area contributed by atoms with Gasteiger partial charge in [0.1, 0.15) is 11.6 Å². The van der Waals surface area contributed by atoms with E-state index >= 15 is 0 Å². The molecule has 0 aliphatic heterocycles. The Morgan fingerprint density at radius 2 is 2.04 bits per heavy atom. The fraction of sp³-hybridized carbons (Fsp3) is 0.200. The number of aromatic nitrogens is 1.